The van der Waals surface area contributed by atoms with Gasteiger partial charge in [0.15, 0.2) is 0 Å². The van der Waals surface area contributed by atoms with E-state index in [9.17, 15) is 19.0 Å². The molecule has 3 unspecified atom stereocenters. The predicted octanol–water partition coefficient (Wildman–Crippen LogP) is 19.3. The van der Waals surface area contributed by atoms with Crippen LogP contribution in [-0.2, 0) is 27.9 Å². The minimum Gasteiger partial charge on any atom is -0.756 e. The SMILES string of the molecule is CC/C=C\C/C=C\C/C=C\C/C=C\C/C=C\CCCCCCCCCC(=O)OC(/C=C\CCCCCCCCCCCCC)C(COP(=O)([O-])OCC[N+](C)(C)C)NC(=O)CCCCC/C=C/C=C/CCCCCCCCC. The molecule has 450 valence electrons. The molecule has 1 amide bonds. The zero-order chi connectivity index (χ0) is 57.2. The van der Waals surface area contributed by atoms with E-state index in [-0.39, 0.29) is 31.3 Å². The molecule has 0 bridgehead atoms. The van der Waals surface area contributed by atoms with E-state index in [1.165, 1.54) is 122 Å². The molecular weight excluding hydrogens is 988 g/mol. The Labute approximate surface area is 481 Å². The first kappa shape index (κ1) is 74.9. The summed E-state index contributed by atoms with van der Waals surface area (Å²) in [4.78, 5) is 40.0. The number of quaternary nitrogens is 1. The van der Waals surface area contributed by atoms with Gasteiger partial charge in [-0.1, -0.05) is 253 Å². The molecule has 0 aromatic heterocycles. The van der Waals surface area contributed by atoms with Crippen LogP contribution in [-0.4, -0.2) is 69.4 Å². The molecule has 0 aliphatic carbocycles. The van der Waals surface area contributed by atoms with Crippen LogP contribution in [0, 0.1) is 0 Å². The van der Waals surface area contributed by atoms with Crippen LogP contribution in [0.3, 0.4) is 0 Å². The number of amides is 1. The lowest BCUT2D eigenvalue weighted by molar-refractivity contribution is -0.870. The quantitative estimate of drug-likeness (QED) is 0.0161. The second kappa shape index (κ2) is 57.2. The van der Waals surface area contributed by atoms with E-state index in [2.05, 4.69) is 111 Å². The van der Waals surface area contributed by atoms with Crippen molar-refractivity contribution in [1.82, 2.24) is 5.32 Å². The third kappa shape index (κ3) is 57.6. The summed E-state index contributed by atoms with van der Waals surface area (Å²) in [6, 6.07) is -0.912. The first-order valence-electron chi connectivity index (χ1n) is 32.1. The van der Waals surface area contributed by atoms with Crippen molar-refractivity contribution < 1.29 is 37.3 Å². The Morgan fingerprint density at radius 3 is 1.32 bits per heavy atom. The van der Waals surface area contributed by atoms with Crippen LogP contribution in [0.5, 0.6) is 0 Å². The molecule has 9 nitrogen and oxygen atoms in total. The zero-order valence-corrected chi connectivity index (χ0v) is 52.2. The molecular formula is C68H121N2O7P. The Bertz CT molecular complexity index is 1660. The summed E-state index contributed by atoms with van der Waals surface area (Å²) in [6.45, 7) is 6.70. The van der Waals surface area contributed by atoms with Crippen molar-refractivity contribution in [3.8, 4) is 0 Å². The van der Waals surface area contributed by atoms with Gasteiger partial charge in [-0.15, -0.1) is 0 Å². The van der Waals surface area contributed by atoms with Gasteiger partial charge in [-0.2, -0.15) is 0 Å². The van der Waals surface area contributed by atoms with E-state index in [0.29, 0.717) is 23.9 Å². The Morgan fingerprint density at radius 1 is 0.474 bits per heavy atom. The summed E-state index contributed by atoms with van der Waals surface area (Å²) in [7, 11) is 1.15. The van der Waals surface area contributed by atoms with E-state index >= 15 is 0 Å². The fraction of sp³-hybridized carbons (Fsp3) is 0.735. The number of unbranched alkanes of at least 4 members (excludes halogenated alkanes) is 28. The van der Waals surface area contributed by atoms with Crippen LogP contribution in [0.2, 0.25) is 0 Å². The zero-order valence-electron chi connectivity index (χ0n) is 51.3. The number of hydrogen-bond donors (Lipinski definition) is 1. The highest BCUT2D eigenvalue weighted by atomic mass is 31.2. The van der Waals surface area contributed by atoms with Crippen LogP contribution >= 0.6 is 7.82 Å². The predicted molar refractivity (Wildman–Crippen MR) is 334 cm³/mol. The van der Waals surface area contributed by atoms with Crippen molar-refractivity contribution in [3.05, 3.63) is 97.2 Å². The maximum absolute atomic E-state index is 13.5. The standard InChI is InChI=1S/C68H121N2O7P/c1-7-10-13-16-19-22-25-28-30-32-33-34-35-36-37-38-40-43-46-49-52-55-58-61-68(72)77-66(59-56-53-50-47-44-41-27-24-21-18-15-12-9-3)65(64-76-78(73,74)75-63-62-70(4,5)6)69-67(71)60-57-54-51-48-45-42-39-31-29-26-23-20-17-14-11-8-2/h10,13,19,22,28,30-31,33-34,36-37,39,42,45,56,59,65-66H,7-9,11-12,14-18,20-21,23-27,29,32,35,38,40-41,43-44,46-55,57-58,60-64H2,1-6H3,(H-,69,71,73,74)/b13-10-,22-19-,30-28-,34-33-,37-36-,39-31+,45-42+,59-56-. The summed E-state index contributed by atoms with van der Waals surface area (Å²) in [5.74, 6) is -0.586. The number of carbonyl (C=O) groups is 2. The molecule has 0 aromatic rings. The smallest absolute Gasteiger partial charge is 0.306 e. The summed E-state index contributed by atoms with van der Waals surface area (Å²) in [5.41, 5.74) is 0. The fourth-order valence-electron chi connectivity index (χ4n) is 8.83. The lowest BCUT2D eigenvalue weighted by atomic mass is 10.0. The van der Waals surface area contributed by atoms with Crippen molar-refractivity contribution in [3.63, 3.8) is 0 Å². The molecule has 0 saturated carbocycles. The van der Waals surface area contributed by atoms with Gasteiger partial charge in [0.2, 0.25) is 5.91 Å². The van der Waals surface area contributed by atoms with E-state index in [4.69, 9.17) is 13.8 Å². The van der Waals surface area contributed by atoms with Crippen molar-refractivity contribution in [2.24, 2.45) is 0 Å². The van der Waals surface area contributed by atoms with Gasteiger partial charge in [-0.25, -0.2) is 0 Å². The Morgan fingerprint density at radius 2 is 0.859 bits per heavy atom. The van der Waals surface area contributed by atoms with Gasteiger partial charge >= 0.3 is 5.97 Å². The van der Waals surface area contributed by atoms with E-state index in [1.807, 2.05) is 33.3 Å². The highest BCUT2D eigenvalue weighted by molar-refractivity contribution is 7.45. The van der Waals surface area contributed by atoms with E-state index in [0.717, 1.165) is 103 Å². The van der Waals surface area contributed by atoms with Crippen molar-refractivity contribution in [2.75, 3.05) is 40.9 Å². The third-order valence-electron chi connectivity index (χ3n) is 13.8. The molecule has 1 N–H and O–H groups in total. The number of rotatable bonds is 57. The molecule has 0 saturated heterocycles. The van der Waals surface area contributed by atoms with Gasteiger partial charge in [-0.3, -0.25) is 14.2 Å². The number of ether oxygens (including phenoxy) is 1. The molecule has 0 fully saturated rings. The Balaban J connectivity index is 5.30. The van der Waals surface area contributed by atoms with Crippen LogP contribution in [0.15, 0.2) is 97.2 Å². The molecule has 0 heterocycles. The van der Waals surface area contributed by atoms with Crippen molar-refractivity contribution >= 4 is 19.7 Å². The summed E-state index contributed by atoms with van der Waals surface area (Å²) in [5, 5.41) is 3.01. The molecule has 0 aliphatic heterocycles. The number of hydrogen-bond acceptors (Lipinski definition) is 7. The van der Waals surface area contributed by atoms with Gasteiger partial charge in [-0.05, 0) is 102 Å². The number of nitrogens with zero attached hydrogens (tertiary/aromatic N) is 1. The molecule has 0 aliphatic rings. The van der Waals surface area contributed by atoms with Gasteiger partial charge in [0, 0.05) is 12.8 Å². The topological polar surface area (TPSA) is 114 Å². The molecule has 0 aromatic carbocycles. The molecule has 78 heavy (non-hydrogen) atoms. The van der Waals surface area contributed by atoms with Gasteiger partial charge in [0.1, 0.15) is 19.3 Å². The largest absolute Gasteiger partial charge is 0.756 e. The highest BCUT2D eigenvalue weighted by Gasteiger charge is 2.27. The van der Waals surface area contributed by atoms with Gasteiger partial charge in [0.25, 0.3) is 7.82 Å². The second-order valence-electron chi connectivity index (χ2n) is 22.6. The first-order valence-corrected chi connectivity index (χ1v) is 33.5. The fourth-order valence-corrected chi connectivity index (χ4v) is 9.56. The first-order chi connectivity index (χ1) is 37.9. The maximum atomic E-state index is 13.5. The Kier molecular flexibility index (Phi) is 54.9. The van der Waals surface area contributed by atoms with E-state index in [1.54, 1.807) is 0 Å². The second-order valence-corrected chi connectivity index (χ2v) is 24.0. The number of carbonyl (C=O) groups excluding carboxylic acids is 2. The van der Waals surface area contributed by atoms with Crippen LogP contribution in [0.4, 0.5) is 0 Å². The Hall–Kier alpha value is -3.07. The minimum absolute atomic E-state index is 0.0333. The number of phosphoric acid groups is 1. The van der Waals surface area contributed by atoms with Crippen molar-refractivity contribution in [1.29, 1.82) is 0 Å². The van der Waals surface area contributed by atoms with Crippen molar-refractivity contribution in [2.45, 2.75) is 283 Å². The summed E-state index contributed by atoms with van der Waals surface area (Å²) >= 11 is 0. The molecule has 0 spiro atoms. The average molecular weight is 1110 g/mol. The van der Waals surface area contributed by atoms with E-state index < -0.39 is 26.6 Å². The van der Waals surface area contributed by atoms with Crippen LogP contribution in [0.1, 0.15) is 271 Å². The highest BCUT2D eigenvalue weighted by Crippen LogP contribution is 2.38. The number of phosphoric ester groups is 1. The monoisotopic (exact) mass is 1110 g/mol. The van der Waals surface area contributed by atoms with Crippen LogP contribution in [0.25, 0.3) is 0 Å². The lowest BCUT2D eigenvalue weighted by Gasteiger charge is -2.30. The summed E-state index contributed by atoms with van der Waals surface area (Å²) in [6.07, 6.45) is 76.6. The number of esters is 1. The molecule has 0 rings (SSSR count). The maximum Gasteiger partial charge on any atom is 0.306 e. The van der Waals surface area contributed by atoms with Gasteiger partial charge < -0.3 is 28.5 Å². The number of likely N-dealkylation sites (N-methyl/N-ethyl adjacent to an activating group) is 1. The average Bonchev–Trinajstić information content (AvgIpc) is 3.40. The summed E-state index contributed by atoms with van der Waals surface area (Å²) < 4.78 is 30.3. The minimum atomic E-state index is -4.71. The lowest BCUT2D eigenvalue weighted by Crippen LogP contribution is -2.47. The number of nitrogens with one attached hydrogen (secondary N) is 1. The molecule has 10 heteroatoms. The van der Waals surface area contributed by atoms with Crippen LogP contribution < -0.4 is 10.2 Å². The van der Waals surface area contributed by atoms with Gasteiger partial charge in [0.05, 0.1) is 33.8 Å². The third-order valence-corrected chi connectivity index (χ3v) is 14.7. The number of allylic oxidation sites excluding steroid dienone is 15. The molecule has 3 atom stereocenters. The molecule has 0 radical (unpaired) electrons. The normalized spacial score (nSPS) is 14.3.